The minimum atomic E-state index is -0.0156. The third-order valence-electron chi connectivity index (χ3n) is 3.43. The lowest BCUT2D eigenvalue weighted by atomic mass is 10.1. The molecular formula is C14H21N3O. The standard InChI is InChI=1S/C14H21N3O/c1-3-15-13-12(5-4-8-16-13)14(18)17-11-7-6-10(2)9-11/h4-5,8,10-11H,3,6-7,9H2,1-2H3,(H,15,16)(H,17,18). The van der Waals surface area contributed by atoms with Crippen molar-refractivity contribution in [2.24, 2.45) is 5.92 Å². The maximum atomic E-state index is 12.2. The second kappa shape index (κ2) is 5.85. The summed E-state index contributed by atoms with van der Waals surface area (Å²) < 4.78 is 0. The number of carbonyl (C=O) groups excluding carboxylic acids is 1. The van der Waals surface area contributed by atoms with Gasteiger partial charge in [0.1, 0.15) is 5.82 Å². The molecule has 2 rings (SSSR count). The van der Waals surface area contributed by atoms with E-state index in [-0.39, 0.29) is 5.91 Å². The lowest BCUT2D eigenvalue weighted by Gasteiger charge is -2.14. The van der Waals surface area contributed by atoms with Crippen LogP contribution in [-0.4, -0.2) is 23.5 Å². The largest absolute Gasteiger partial charge is 0.370 e. The second-order valence-electron chi connectivity index (χ2n) is 5.02. The molecular weight excluding hydrogens is 226 g/mol. The van der Waals surface area contributed by atoms with Gasteiger partial charge in [-0.15, -0.1) is 0 Å². The molecule has 18 heavy (non-hydrogen) atoms. The number of rotatable bonds is 4. The molecule has 1 saturated carbocycles. The van der Waals surface area contributed by atoms with E-state index < -0.39 is 0 Å². The minimum absolute atomic E-state index is 0.0156. The third kappa shape index (κ3) is 3.00. The van der Waals surface area contributed by atoms with E-state index in [1.54, 1.807) is 12.3 Å². The SMILES string of the molecule is CCNc1ncccc1C(=O)NC1CCC(C)C1. The Morgan fingerprint density at radius 3 is 3.00 bits per heavy atom. The number of pyridine rings is 1. The molecule has 0 bridgehead atoms. The molecule has 2 atom stereocenters. The predicted octanol–water partition coefficient (Wildman–Crippen LogP) is 2.43. The summed E-state index contributed by atoms with van der Waals surface area (Å²) in [5, 5.41) is 6.22. The Bertz CT molecular complexity index is 419. The van der Waals surface area contributed by atoms with Crippen LogP contribution in [0.1, 0.15) is 43.5 Å². The molecule has 1 aromatic rings. The number of nitrogens with one attached hydrogen (secondary N) is 2. The van der Waals surface area contributed by atoms with Crippen molar-refractivity contribution in [2.45, 2.75) is 39.2 Å². The number of amides is 1. The Kier molecular flexibility index (Phi) is 4.18. The van der Waals surface area contributed by atoms with Gasteiger partial charge in [0.25, 0.3) is 5.91 Å². The summed E-state index contributed by atoms with van der Waals surface area (Å²) in [6.07, 6.45) is 5.08. The minimum Gasteiger partial charge on any atom is -0.370 e. The van der Waals surface area contributed by atoms with Gasteiger partial charge in [0.2, 0.25) is 0 Å². The van der Waals surface area contributed by atoms with E-state index in [2.05, 4.69) is 22.5 Å². The summed E-state index contributed by atoms with van der Waals surface area (Å²) in [6.45, 7) is 4.99. The molecule has 0 saturated heterocycles. The van der Waals surface area contributed by atoms with Crippen molar-refractivity contribution >= 4 is 11.7 Å². The van der Waals surface area contributed by atoms with Crippen LogP contribution in [0.4, 0.5) is 5.82 Å². The lowest BCUT2D eigenvalue weighted by molar-refractivity contribution is 0.0938. The Labute approximate surface area is 108 Å². The van der Waals surface area contributed by atoms with Crippen LogP contribution in [-0.2, 0) is 0 Å². The molecule has 1 amide bonds. The highest BCUT2D eigenvalue weighted by molar-refractivity contribution is 5.98. The molecule has 2 N–H and O–H groups in total. The van der Waals surface area contributed by atoms with Gasteiger partial charge >= 0.3 is 0 Å². The zero-order valence-electron chi connectivity index (χ0n) is 11.1. The molecule has 0 spiro atoms. The molecule has 1 aliphatic rings. The Hall–Kier alpha value is -1.58. The van der Waals surface area contributed by atoms with E-state index >= 15 is 0 Å². The summed E-state index contributed by atoms with van der Waals surface area (Å²) in [5.74, 6) is 1.37. The zero-order valence-corrected chi connectivity index (χ0v) is 11.1. The number of hydrogen-bond donors (Lipinski definition) is 2. The van der Waals surface area contributed by atoms with Gasteiger partial charge in [-0.1, -0.05) is 6.92 Å². The first-order chi connectivity index (χ1) is 8.70. The summed E-state index contributed by atoms with van der Waals surface area (Å²) in [7, 11) is 0. The number of carbonyl (C=O) groups is 1. The first-order valence-electron chi connectivity index (χ1n) is 6.70. The van der Waals surface area contributed by atoms with Crippen LogP contribution in [0.15, 0.2) is 18.3 Å². The molecule has 4 nitrogen and oxygen atoms in total. The van der Waals surface area contributed by atoms with Crippen LogP contribution in [0.2, 0.25) is 0 Å². The second-order valence-corrected chi connectivity index (χ2v) is 5.02. The fourth-order valence-corrected chi connectivity index (χ4v) is 2.50. The fraction of sp³-hybridized carbons (Fsp3) is 0.571. The molecule has 2 unspecified atom stereocenters. The number of hydrogen-bond acceptors (Lipinski definition) is 3. The van der Waals surface area contributed by atoms with Crippen molar-refractivity contribution in [3.05, 3.63) is 23.9 Å². The number of aromatic nitrogens is 1. The number of anilines is 1. The molecule has 98 valence electrons. The highest BCUT2D eigenvalue weighted by atomic mass is 16.1. The molecule has 1 aromatic heterocycles. The average Bonchev–Trinajstić information content (AvgIpc) is 2.76. The van der Waals surface area contributed by atoms with E-state index in [9.17, 15) is 4.79 Å². The number of nitrogens with zero attached hydrogens (tertiary/aromatic N) is 1. The lowest BCUT2D eigenvalue weighted by Crippen LogP contribution is -2.33. The summed E-state index contributed by atoms with van der Waals surface area (Å²) in [4.78, 5) is 16.4. The summed E-state index contributed by atoms with van der Waals surface area (Å²) >= 11 is 0. The molecule has 1 fully saturated rings. The molecule has 0 radical (unpaired) electrons. The normalized spacial score (nSPS) is 22.8. The zero-order chi connectivity index (χ0) is 13.0. The van der Waals surface area contributed by atoms with Gasteiger partial charge in [-0.2, -0.15) is 0 Å². The van der Waals surface area contributed by atoms with Gasteiger partial charge in [-0.05, 0) is 44.2 Å². The molecule has 1 heterocycles. The van der Waals surface area contributed by atoms with Crippen LogP contribution in [0, 0.1) is 5.92 Å². The molecule has 4 heteroatoms. The topological polar surface area (TPSA) is 54.0 Å². The Balaban J connectivity index is 2.04. The van der Waals surface area contributed by atoms with Crippen molar-refractivity contribution in [3.63, 3.8) is 0 Å². The van der Waals surface area contributed by atoms with Gasteiger partial charge in [-0.25, -0.2) is 4.98 Å². The van der Waals surface area contributed by atoms with Crippen LogP contribution < -0.4 is 10.6 Å². The van der Waals surface area contributed by atoms with Crippen LogP contribution >= 0.6 is 0 Å². The van der Waals surface area contributed by atoms with E-state index in [0.717, 1.165) is 25.3 Å². The van der Waals surface area contributed by atoms with Gasteiger partial charge in [0.05, 0.1) is 5.56 Å². The van der Waals surface area contributed by atoms with Crippen molar-refractivity contribution < 1.29 is 4.79 Å². The highest BCUT2D eigenvalue weighted by Crippen LogP contribution is 2.25. The first kappa shape index (κ1) is 12.9. The van der Waals surface area contributed by atoms with E-state index in [1.165, 1.54) is 6.42 Å². The Morgan fingerprint density at radius 2 is 2.33 bits per heavy atom. The van der Waals surface area contributed by atoms with E-state index in [0.29, 0.717) is 17.4 Å². The summed E-state index contributed by atoms with van der Waals surface area (Å²) in [6, 6.07) is 3.94. The van der Waals surface area contributed by atoms with Gasteiger partial charge in [0, 0.05) is 18.8 Å². The van der Waals surface area contributed by atoms with Crippen LogP contribution in [0.5, 0.6) is 0 Å². The maximum absolute atomic E-state index is 12.2. The average molecular weight is 247 g/mol. The van der Waals surface area contributed by atoms with Crippen molar-refractivity contribution in [3.8, 4) is 0 Å². The first-order valence-corrected chi connectivity index (χ1v) is 6.70. The molecule has 1 aliphatic carbocycles. The fourth-order valence-electron chi connectivity index (χ4n) is 2.50. The van der Waals surface area contributed by atoms with Gasteiger partial charge in [0.15, 0.2) is 0 Å². The maximum Gasteiger partial charge on any atom is 0.255 e. The molecule has 0 aliphatic heterocycles. The van der Waals surface area contributed by atoms with E-state index in [4.69, 9.17) is 0 Å². The monoisotopic (exact) mass is 247 g/mol. The van der Waals surface area contributed by atoms with Crippen molar-refractivity contribution in [2.75, 3.05) is 11.9 Å². The van der Waals surface area contributed by atoms with E-state index in [1.807, 2.05) is 13.0 Å². The quantitative estimate of drug-likeness (QED) is 0.859. The molecule has 0 aromatic carbocycles. The smallest absolute Gasteiger partial charge is 0.255 e. The van der Waals surface area contributed by atoms with Gasteiger partial charge in [-0.3, -0.25) is 4.79 Å². The van der Waals surface area contributed by atoms with Crippen LogP contribution in [0.3, 0.4) is 0 Å². The van der Waals surface area contributed by atoms with Crippen molar-refractivity contribution in [1.82, 2.24) is 10.3 Å². The van der Waals surface area contributed by atoms with Crippen LogP contribution in [0.25, 0.3) is 0 Å². The third-order valence-corrected chi connectivity index (χ3v) is 3.43. The summed E-state index contributed by atoms with van der Waals surface area (Å²) in [5.41, 5.74) is 0.638. The van der Waals surface area contributed by atoms with Crippen molar-refractivity contribution in [1.29, 1.82) is 0 Å². The Morgan fingerprint density at radius 1 is 1.50 bits per heavy atom. The van der Waals surface area contributed by atoms with Gasteiger partial charge < -0.3 is 10.6 Å². The highest BCUT2D eigenvalue weighted by Gasteiger charge is 2.24. The predicted molar refractivity (Wildman–Crippen MR) is 72.7 cm³/mol.